The van der Waals surface area contributed by atoms with Crippen molar-refractivity contribution < 1.29 is 4.74 Å². The molecule has 2 N–H and O–H groups in total. The average molecular weight is 254 g/mol. The molecule has 2 aromatic rings. The molecule has 0 saturated heterocycles. The molecule has 3 heteroatoms. The van der Waals surface area contributed by atoms with E-state index in [0.717, 1.165) is 30.1 Å². The maximum atomic E-state index is 6.00. The van der Waals surface area contributed by atoms with Crippen LogP contribution < -0.4 is 15.4 Å². The summed E-state index contributed by atoms with van der Waals surface area (Å²) < 4.78 is 5.80. The minimum atomic E-state index is 0.700. The van der Waals surface area contributed by atoms with Gasteiger partial charge in [0.15, 0.2) is 0 Å². The van der Waals surface area contributed by atoms with Crippen molar-refractivity contribution in [1.29, 1.82) is 0 Å². The molecule has 0 unspecified atom stereocenters. The van der Waals surface area contributed by atoms with Gasteiger partial charge in [0.2, 0.25) is 0 Å². The van der Waals surface area contributed by atoms with Gasteiger partial charge in [-0.3, -0.25) is 0 Å². The number of hydrogen-bond donors (Lipinski definition) is 1. The van der Waals surface area contributed by atoms with Crippen LogP contribution in [0.15, 0.2) is 42.5 Å². The van der Waals surface area contributed by atoms with Crippen LogP contribution in [-0.2, 0) is 6.54 Å². The summed E-state index contributed by atoms with van der Waals surface area (Å²) in [6.45, 7) is 4.51. The smallest absolute Gasteiger partial charge is 0.124 e. The normalized spacial score (nSPS) is 14.5. The van der Waals surface area contributed by atoms with Gasteiger partial charge in [0.25, 0.3) is 0 Å². The van der Waals surface area contributed by atoms with E-state index in [4.69, 9.17) is 10.5 Å². The van der Waals surface area contributed by atoms with Gasteiger partial charge in [-0.05, 0) is 30.7 Å². The Balaban J connectivity index is 1.96. The molecule has 0 aliphatic carbocycles. The molecule has 19 heavy (non-hydrogen) atoms. The summed E-state index contributed by atoms with van der Waals surface area (Å²) >= 11 is 0. The summed E-state index contributed by atoms with van der Waals surface area (Å²) in [4.78, 5) is 2.33. The summed E-state index contributed by atoms with van der Waals surface area (Å²) in [5, 5.41) is 0. The van der Waals surface area contributed by atoms with Crippen molar-refractivity contribution in [3.05, 3.63) is 53.6 Å². The first-order valence-electron chi connectivity index (χ1n) is 6.56. The minimum Gasteiger partial charge on any atom is -0.491 e. The van der Waals surface area contributed by atoms with E-state index in [0.29, 0.717) is 6.61 Å². The van der Waals surface area contributed by atoms with Crippen LogP contribution >= 0.6 is 0 Å². The predicted molar refractivity (Wildman–Crippen MR) is 78.6 cm³/mol. The Morgan fingerprint density at radius 3 is 2.84 bits per heavy atom. The van der Waals surface area contributed by atoms with E-state index in [1.54, 1.807) is 0 Å². The van der Waals surface area contributed by atoms with Gasteiger partial charge in [-0.1, -0.05) is 24.3 Å². The molecule has 1 aliphatic heterocycles. The lowest BCUT2D eigenvalue weighted by atomic mass is 10.1. The highest BCUT2D eigenvalue weighted by molar-refractivity contribution is 5.64. The van der Waals surface area contributed by atoms with E-state index < -0.39 is 0 Å². The lowest BCUT2D eigenvalue weighted by Crippen LogP contribution is -2.26. The molecular weight excluding hydrogens is 236 g/mol. The van der Waals surface area contributed by atoms with Crippen LogP contribution in [0.5, 0.6) is 5.75 Å². The van der Waals surface area contributed by atoms with E-state index in [1.165, 1.54) is 11.3 Å². The zero-order valence-corrected chi connectivity index (χ0v) is 11.1. The number of nitrogens with two attached hydrogens (primary N) is 1. The number of ether oxygens (including phenoxy) is 1. The third-order valence-electron chi connectivity index (χ3n) is 3.64. The predicted octanol–water partition coefficient (Wildman–Crippen LogP) is 2.98. The van der Waals surface area contributed by atoms with Crippen LogP contribution in [0.2, 0.25) is 0 Å². The first-order chi connectivity index (χ1) is 9.25. The van der Waals surface area contributed by atoms with Gasteiger partial charge in [-0.2, -0.15) is 0 Å². The van der Waals surface area contributed by atoms with Crippen molar-refractivity contribution >= 4 is 11.4 Å². The third-order valence-corrected chi connectivity index (χ3v) is 3.64. The molecule has 1 aliphatic rings. The van der Waals surface area contributed by atoms with Crippen LogP contribution in [0.3, 0.4) is 0 Å². The molecule has 3 nitrogen and oxygen atoms in total. The van der Waals surface area contributed by atoms with Crippen LogP contribution in [0, 0.1) is 6.92 Å². The second-order valence-electron chi connectivity index (χ2n) is 4.87. The summed E-state index contributed by atoms with van der Waals surface area (Å²) in [7, 11) is 0. The Morgan fingerprint density at radius 2 is 1.95 bits per heavy atom. The second kappa shape index (κ2) is 4.84. The third kappa shape index (κ3) is 2.24. The largest absolute Gasteiger partial charge is 0.491 e. The van der Waals surface area contributed by atoms with Crippen molar-refractivity contribution in [1.82, 2.24) is 0 Å². The second-order valence-corrected chi connectivity index (χ2v) is 4.87. The average Bonchev–Trinajstić information content (AvgIpc) is 2.64. The van der Waals surface area contributed by atoms with Gasteiger partial charge < -0.3 is 15.4 Å². The topological polar surface area (TPSA) is 38.5 Å². The minimum absolute atomic E-state index is 0.700. The number of benzene rings is 2. The standard InChI is InChI=1S/C16H18N2O/c1-12-14(17)6-4-7-15(12)18-9-10-19-16-8-3-2-5-13(16)11-18/h2-8H,9-11,17H2,1H3. The number of rotatable bonds is 1. The fraction of sp³-hybridized carbons (Fsp3) is 0.250. The Morgan fingerprint density at radius 1 is 1.11 bits per heavy atom. The molecule has 0 aromatic heterocycles. The van der Waals surface area contributed by atoms with E-state index in [1.807, 2.05) is 24.3 Å². The molecule has 0 fully saturated rings. The molecule has 0 amide bonds. The Bertz CT molecular complexity index is 595. The van der Waals surface area contributed by atoms with E-state index in [2.05, 4.69) is 30.0 Å². The molecule has 0 saturated carbocycles. The van der Waals surface area contributed by atoms with Gasteiger partial charge in [0, 0.05) is 23.5 Å². The van der Waals surface area contributed by atoms with E-state index in [-0.39, 0.29) is 0 Å². The number of para-hydroxylation sites is 1. The summed E-state index contributed by atoms with van der Waals surface area (Å²) in [6, 6.07) is 14.3. The highest BCUT2D eigenvalue weighted by atomic mass is 16.5. The number of fused-ring (bicyclic) bond motifs is 1. The monoisotopic (exact) mass is 254 g/mol. The van der Waals surface area contributed by atoms with Gasteiger partial charge in [0.05, 0.1) is 6.54 Å². The molecule has 98 valence electrons. The highest BCUT2D eigenvalue weighted by Gasteiger charge is 2.17. The lowest BCUT2D eigenvalue weighted by molar-refractivity contribution is 0.331. The van der Waals surface area contributed by atoms with Crippen LogP contribution in [0.1, 0.15) is 11.1 Å². The molecule has 1 heterocycles. The van der Waals surface area contributed by atoms with Gasteiger partial charge in [-0.25, -0.2) is 0 Å². The molecule has 0 spiro atoms. The van der Waals surface area contributed by atoms with E-state index in [9.17, 15) is 0 Å². The Hall–Kier alpha value is -2.16. The van der Waals surface area contributed by atoms with Crippen LogP contribution in [-0.4, -0.2) is 13.2 Å². The Kier molecular flexibility index (Phi) is 3.03. The van der Waals surface area contributed by atoms with Crippen molar-refractivity contribution in [2.45, 2.75) is 13.5 Å². The zero-order valence-electron chi connectivity index (χ0n) is 11.1. The molecule has 0 radical (unpaired) electrons. The molecular formula is C16H18N2O. The molecule has 0 bridgehead atoms. The number of hydrogen-bond acceptors (Lipinski definition) is 3. The fourth-order valence-corrected chi connectivity index (χ4v) is 2.51. The first kappa shape index (κ1) is 11.9. The van der Waals surface area contributed by atoms with Gasteiger partial charge in [-0.15, -0.1) is 0 Å². The van der Waals surface area contributed by atoms with Crippen LogP contribution in [0.4, 0.5) is 11.4 Å². The number of anilines is 2. The van der Waals surface area contributed by atoms with Gasteiger partial charge >= 0.3 is 0 Å². The zero-order chi connectivity index (χ0) is 13.2. The van der Waals surface area contributed by atoms with E-state index >= 15 is 0 Å². The first-order valence-corrected chi connectivity index (χ1v) is 6.56. The number of nitrogens with zero attached hydrogens (tertiary/aromatic N) is 1. The van der Waals surface area contributed by atoms with Crippen molar-refractivity contribution in [3.8, 4) is 5.75 Å². The summed E-state index contributed by atoms with van der Waals surface area (Å²) in [5.74, 6) is 0.992. The maximum Gasteiger partial charge on any atom is 0.124 e. The summed E-state index contributed by atoms with van der Waals surface area (Å²) in [5.41, 5.74) is 10.4. The number of nitrogen functional groups attached to an aromatic ring is 1. The molecule has 0 atom stereocenters. The fourth-order valence-electron chi connectivity index (χ4n) is 2.51. The summed E-state index contributed by atoms with van der Waals surface area (Å²) in [6.07, 6.45) is 0. The molecule has 2 aromatic carbocycles. The quantitative estimate of drug-likeness (QED) is 0.795. The molecule has 3 rings (SSSR count). The van der Waals surface area contributed by atoms with Crippen molar-refractivity contribution in [2.75, 3.05) is 23.8 Å². The van der Waals surface area contributed by atoms with Crippen LogP contribution in [0.25, 0.3) is 0 Å². The highest BCUT2D eigenvalue weighted by Crippen LogP contribution is 2.29. The maximum absolute atomic E-state index is 6.00. The Labute approximate surface area is 113 Å². The van der Waals surface area contributed by atoms with Crippen molar-refractivity contribution in [3.63, 3.8) is 0 Å². The SMILES string of the molecule is Cc1c(N)cccc1N1CCOc2ccccc2C1. The van der Waals surface area contributed by atoms with Crippen molar-refractivity contribution in [2.24, 2.45) is 0 Å². The lowest BCUT2D eigenvalue weighted by Gasteiger charge is -2.24. The van der Waals surface area contributed by atoms with Gasteiger partial charge in [0.1, 0.15) is 12.4 Å².